The summed E-state index contributed by atoms with van der Waals surface area (Å²) in [5.74, 6) is -0.818. The van der Waals surface area contributed by atoms with E-state index in [4.69, 9.17) is 10.1 Å². The van der Waals surface area contributed by atoms with Gasteiger partial charge in [-0.1, -0.05) is 37.5 Å². The van der Waals surface area contributed by atoms with E-state index < -0.39 is 24.4 Å². The van der Waals surface area contributed by atoms with Crippen LogP contribution in [0.3, 0.4) is 0 Å². The highest BCUT2D eigenvalue weighted by atomic mass is 19.1. The van der Waals surface area contributed by atoms with Crippen LogP contribution in [0.5, 0.6) is 5.75 Å². The summed E-state index contributed by atoms with van der Waals surface area (Å²) >= 11 is 0. The summed E-state index contributed by atoms with van der Waals surface area (Å²) in [5, 5.41) is 13.3. The molecule has 1 heterocycles. The van der Waals surface area contributed by atoms with Gasteiger partial charge in [0.25, 0.3) is 5.91 Å². The number of carbonyl (C=O) groups excluding carboxylic acids is 2. The third-order valence-corrected chi connectivity index (χ3v) is 7.21. The number of benzene rings is 2. The number of rotatable bonds is 7. The van der Waals surface area contributed by atoms with Gasteiger partial charge < -0.3 is 15.4 Å². The van der Waals surface area contributed by atoms with Crippen molar-refractivity contribution in [1.29, 1.82) is 5.41 Å². The van der Waals surface area contributed by atoms with Gasteiger partial charge in [0.05, 0.1) is 17.4 Å². The first-order chi connectivity index (χ1) is 17.9. The van der Waals surface area contributed by atoms with Crippen molar-refractivity contribution < 1.29 is 23.1 Å². The van der Waals surface area contributed by atoms with E-state index in [0.717, 1.165) is 44.6 Å². The maximum absolute atomic E-state index is 15.2. The number of halogens is 2. The molecule has 0 radical (unpaired) electrons. The number of hydrogen-bond donors (Lipinski definition) is 3. The summed E-state index contributed by atoms with van der Waals surface area (Å²) in [6.45, 7) is 1.57. The summed E-state index contributed by atoms with van der Waals surface area (Å²) in [7, 11) is 0. The summed E-state index contributed by atoms with van der Waals surface area (Å²) in [4.78, 5) is 27.3. The summed E-state index contributed by atoms with van der Waals surface area (Å²) < 4.78 is 34.9. The number of carbonyl (C=O) groups is 2. The summed E-state index contributed by atoms with van der Waals surface area (Å²) in [6, 6.07) is 8.26. The molecule has 7 nitrogen and oxygen atoms in total. The first-order valence-electron chi connectivity index (χ1n) is 13.0. The fraction of sp³-hybridized carbons (Fsp3) is 0.464. The number of amides is 3. The predicted molar refractivity (Wildman–Crippen MR) is 140 cm³/mol. The topological polar surface area (TPSA) is 94.5 Å². The molecule has 1 unspecified atom stereocenters. The Morgan fingerprint density at radius 3 is 2.57 bits per heavy atom. The molecule has 1 saturated carbocycles. The van der Waals surface area contributed by atoms with Crippen LogP contribution in [0.4, 0.5) is 25.0 Å². The largest absolute Gasteiger partial charge is 0.490 e. The first kappa shape index (κ1) is 26.6. The lowest BCUT2D eigenvalue weighted by Crippen LogP contribution is -2.42. The maximum Gasteiger partial charge on any atom is 0.327 e. The molecule has 4 rings (SSSR count). The Morgan fingerprint density at radius 2 is 1.84 bits per heavy atom. The predicted octanol–water partition coefficient (Wildman–Crippen LogP) is 6.89. The molecule has 37 heavy (non-hydrogen) atoms. The van der Waals surface area contributed by atoms with Gasteiger partial charge in [0, 0.05) is 30.3 Å². The highest BCUT2D eigenvalue weighted by molar-refractivity contribution is 6.07. The molecule has 3 amide bonds. The number of nitrogens with one attached hydrogen (secondary N) is 3. The standard InChI is InChI=1S/C28H34F2N4O3/c1-18(19-9-3-2-4-10-19)37-25-16-24(33-28(36)34-14-8-7-13-26(34)31)22(30)15-21(25)27(35)32-23-12-6-5-11-20(23)17-29/h5-6,11-12,15-16,18-19,31H,2-4,7-10,13-14,17H2,1H3,(H,32,35)(H,33,36). The van der Waals surface area contributed by atoms with Crippen molar-refractivity contribution >= 4 is 29.1 Å². The molecule has 3 N–H and O–H groups in total. The summed E-state index contributed by atoms with van der Waals surface area (Å²) in [5.41, 5.74) is 0.428. The molecular formula is C28H34F2N4O3. The number of amidine groups is 1. The van der Waals surface area contributed by atoms with E-state index >= 15 is 4.39 Å². The van der Waals surface area contributed by atoms with Crippen LogP contribution in [0.1, 0.15) is 74.2 Å². The van der Waals surface area contributed by atoms with E-state index in [0.29, 0.717) is 30.1 Å². The van der Waals surface area contributed by atoms with Gasteiger partial charge in [-0.05, 0) is 50.7 Å². The number of nitrogens with zero attached hydrogens (tertiary/aromatic N) is 1. The molecule has 2 aromatic carbocycles. The molecule has 1 atom stereocenters. The second kappa shape index (κ2) is 12.2. The van der Waals surface area contributed by atoms with Crippen molar-refractivity contribution in [1.82, 2.24) is 4.90 Å². The Hall–Kier alpha value is -3.49. The first-order valence-corrected chi connectivity index (χ1v) is 13.0. The lowest BCUT2D eigenvalue weighted by Gasteiger charge is -2.29. The van der Waals surface area contributed by atoms with E-state index in [1.807, 2.05) is 6.92 Å². The molecular weight excluding hydrogens is 478 g/mol. The minimum absolute atomic E-state index is 0.0439. The highest BCUT2D eigenvalue weighted by Gasteiger charge is 2.27. The third-order valence-electron chi connectivity index (χ3n) is 7.21. The van der Waals surface area contributed by atoms with Gasteiger partial charge >= 0.3 is 6.03 Å². The molecule has 1 aliphatic carbocycles. The Kier molecular flexibility index (Phi) is 8.74. The minimum Gasteiger partial charge on any atom is -0.490 e. The molecule has 0 aromatic heterocycles. The Morgan fingerprint density at radius 1 is 1.08 bits per heavy atom. The molecule has 2 aliphatic rings. The van der Waals surface area contributed by atoms with Crippen LogP contribution in [0.15, 0.2) is 36.4 Å². The van der Waals surface area contributed by atoms with Crippen molar-refractivity contribution in [2.45, 2.75) is 71.1 Å². The zero-order valence-electron chi connectivity index (χ0n) is 21.1. The van der Waals surface area contributed by atoms with Gasteiger partial charge in [-0.25, -0.2) is 13.6 Å². The van der Waals surface area contributed by atoms with Gasteiger partial charge in [-0.15, -0.1) is 0 Å². The fourth-order valence-electron chi connectivity index (χ4n) is 5.01. The second-order valence-corrected chi connectivity index (χ2v) is 9.78. The van der Waals surface area contributed by atoms with Crippen LogP contribution in [0, 0.1) is 17.1 Å². The van der Waals surface area contributed by atoms with Crippen LogP contribution >= 0.6 is 0 Å². The second-order valence-electron chi connectivity index (χ2n) is 9.78. The van der Waals surface area contributed by atoms with Gasteiger partial charge in [-0.3, -0.25) is 15.1 Å². The summed E-state index contributed by atoms with van der Waals surface area (Å²) in [6.07, 6.45) is 7.29. The number of para-hydroxylation sites is 1. The van der Waals surface area contributed by atoms with Crippen molar-refractivity contribution in [3.8, 4) is 5.75 Å². The van der Waals surface area contributed by atoms with Gasteiger partial charge in [0.2, 0.25) is 0 Å². The number of hydrogen-bond acceptors (Lipinski definition) is 4. The van der Waals surface area contributed by atoms with Crippen molar-refractivity contribution in [3.63, 3.8) is 0 Å². The maximum atomic E-state index is 15.2. The zero-order chi connectivity index (χ0) is 26.4. The SMILES string of the molecule is CC(Oc1cc(NC(=O)N2CCCCC2=N)c(F)cc1C(=O)Nc1ccccc1CF)C1CCCCC1. The lowest BCUT2D eigenvalue weighted by molar-refractivity contribution is 0.0997. The van der Waals surface area contributed by atoms with Gasteiger partial charge in [0.15, 0.2) is 0 Å². The van der Waals surface area contributed by atoms with E-state index in [9.17, 15) is 14.0 Å². The molecule has 0 spiro atoms. The monoisotopic (exact) mass is 512 g/mol. The van der Waals surface area contributed by atoms with Gasteiger partial charge in [0.1, 0.15) is 24.1 Å². The average molecular weight is 513 g/mol. The van der Waals surface area contributed by atoms with Crippen LogP contribution in [0.2, 0.25) is 0 Å². The van der Waals surface area contributed by atoms with E-state index in [1.54, 1.807) is 24.3 Å². The molecule has 1 aliphatic heterocycles. The highest BCUT2D eigenvalue weighted by Crippen LogP contribution is 2.33. The Bertz CT molecular complexity index is 1150. The average Bonchev–Trinajstić information content (AvgIpc) is 2.91. The van der Waals surface area contributed by atoms with E-state index in [2.05, 4.69) is 10.6 Å². The van der Waals surface area contributed by atoms with Crippen LogP contribution in [-0.2, 0) is 6.67 Å². The van der Waals surface area contributed by atoms with E-state index in [1.165, 1.54) is 17.4 Å². The zero-order valence-corrected chi connectivity index (χ0v) is 21.1. The van der Waals surface area contributed by atoms with Gasteiger partial charge in [-0.2, -0.15) is 0 Å². The smallest absolute Gasteiger partial charge is 0.327 e. The molecule has 9 heteroatoms. The number of likely N-dealkylation sites (tertiary alicyclic amines) is 1. The fourth-order valence-corrected chi connectivity index (χ4v) is 5.01. The minimum atomic E-state index is -0.807. The number of alkyl halides is 1. The molecule has 198 valence electrons. The number of piperidine rings is 1. The number of anilines is 2. The van der Waals surface area contributed by atoms with Crippen molar-refractivity contribution in [2.24, 2.45) is 5.92 Å². The molecule has 2 fully saturated rings. The van der Waals surface area contributed by atoms with Crippen molar-refractivity contribution in [3.05, 3.63) is 53.3 Å². The van der Waals surface area contributed by atoms with E-state index in [-0.39, 0.29) is 28.9 Å². The quantitative estimate of drug-likeness (QED) is 0.377. The van der Waals surface area contributed by atoms with Crippen LogP contribution in [0.25, 0.3) is 0 Å². The van der Waals surface area contributed by atoms with Crippen molar-refractivity contribution in [2.75, 3.05) is 17.2 Å². The lowest BCUT2D eigenvalue weighted by atomic mass is 9.86. The van der Waals surface area contributed by atoms with Crippen LogP contribution < -0.4 is 15.4 Å². The normalized spacial score (nSPS) is 17.3. The molecule has 1 saturated heterocycles. The van der Waals surface area contributed by atoms with Crippen LogP contribution in [-0.4, -0.2) is 35.3 Å². The molecule has 0 bridgehead atoms. The Labute approximate surface area is 216 Å². The number of ether oxygens (including phenoxy) is 1. The number of urea groups is 1. The third kappa shape index (κ3) is 6.45. The Balaban J connectivity index is 1.62. The molecule has 2 aromatic rings.